The zero-order valence-electron chi connectivity index (χ0n) is 17.6. The van der Waals surface area contributed by atoms with Crippen LogP contribution < -0.4 is 0 Å². The van der Waals surface area contributed by atoms with Gasteiger partial charge < -0.3 is 9.47 Å². The summed E-state index contributed by atoms with van der Waals surface area (Å²) in [6.07, 6.45) is 12.3. The van der Waals surface area contributed by atoms with E-state index in [1.165, 1.54) is 51.4 Å². The Hall–Kier alpha value is -2.10. The monoisotopic (exact) mass is 388 g/mol. The largest absolute Gasteiger partial charge is 0.462 e. The maximum absolute atomic E-state index is 12.3. The number of esters is 2. The van der Waals surface area contributed by atoms with Crippen molar-refractivity contribution in [3.8, 4) is 0 Å². The summed E-state index contributed by atoms with van der Waals surface area (Å²) >= 11 is 0. The van der Waals surface area contributed by atoms with Gasteiger partial charge in [-0.05, 0) is 31.1 Å². The molecule has 0 fully saturated rings. The number of unbranched alkanes of at least 4 members (excludes halogenated alkanes) is 9. The quantitative estimate of drug-likeness (QED) is 0.195. The van der Waals surface area contributed by atoms with Crippen LogP contribution in [0.2, 0.25) is 0 Å². The van der Waals surface area contributed by atoms with Gasteiger partial charge in [-0.25, -0.2) is 9.59 Å². The summed E-state index contributed by atoms with van der Waals surface area (Å²) in [6.45, 7) is 8.24. The summed E-state index contributed by atoms with van der Waals surface area (Å²) in [4.78, 5) is 24.5. The van der Waals surface area contributed by atoms with Crippen molar-refractivity contribution in [1.82, 2.24) is 0 Å². The molecule has 0 radical (unpaired) electrons. The lowest BCUT2D eigenvalue weighted by Gasteiger charge is -2.10. The van der Waals surface area contributed by atoms with Crippen molar-refractivity contribution < 1.29 is 19.1 Å². The van der Waals surface area contributed by atoms with Gasteiger partial charge in [-0.15, -0.1) is 0 Å². The van der Waals surface area contributed by atoms with Crippen molar-refractivity contribution in [2.75, 3.05) is 13.2 Å². The molecule has 0 amide bonds. The van der Waals surface area contributed by atoms with E-state index in [0.717, 1.165) is 18.4 Å². The summed E-state index contributed by atoms with van der Waals surface area (Å²) in [6, 6.07) is 6.60. The average molecular weight is 389 g/mol. The van der Waals surface area contributed by atoms with E-state index in [4.69, 9.17) is 9.47 Å². The van der Waals surface area contributed by atoms with Crippen LogP contribution in [-0.2, 0) is 9.47 Å². The van der Waals surface area contributed by atoms with Gasteiger partial charge in [-0.1, -0.05) is 83.4 Å². The van der Waals surface area contributed by atoms with Crippen molar-refractivity contribution in [2.45, 2.75) is 78.1 Å². The second kappa shape index (κ2) is 14.9. The molecule has 0 N–H and O–H groups in total. The lowest BCUT2D eigenvalue weighted by molar-refractivity contribution is 0.0467. The molecule has 0 bridgehead atoms. The molecular formula is C24H36O4. The maximum atomic E-state index is 12.3. The molecule has 0 saturated heterocycles. The highest BCUT2D eigenvalue weighted by molar-refractivity contribution is 6.03. The van der Waals surface area contributed by atoms with Gasteiger partial charge in [0.05, 0.1) is 17.7 Å². The topological polar surface area (TPSA) is 52.6 Å². The number of carbonyl (C=O) groups is 2. The molecule has 0 heterocycles. The fraction of sp³-hybridized carbons (Fsp3) is 0.583. The Kier molecular flexibility index (Phi) is 12.7. The summed E-state index contributed by atoms with van der Waals surface area (Å²) < 4.78 is 10.5. The minimum atomic E-state index is -0.533. The zero-order chi connectivity index (χ0) is 20.6. The van der Waals surface area contributed by atoms with Gasteiger partial charge in [-0.3, -0.25) is 0 Å². The zero-order valence-corrected chi connectivity index (χ0v) is 17.6. The molecule has 0 atom stereocenters. The van der Waals surface area contributed by atoms with Crippen molar-refractivity contribution in [3.05, 3.63) is 47.5 Å². The summed E-state index contributed by atoms with van der Waals surface area (Å²) in [5.41, 5.74) is 1.23. The Morgan fingerprint density at radius 3 is 1.75 bits per heavy atom. The number of hydrogen-bond acceptors (Lipinski definition) is 4. The van der Waals surface area contributed by atoms with Crippen LogP contribution in [0.4, 0.5) is 0 Å². The van der Waals surface area contributed by atoms with E-state index in [9.17, 15) is 9.59 Å². The molecular weight excluding hydrogens is 352 g/mol. The van der Waals surface area contributed by atoms with Crippen LogP contribution in [0.1, 0.15) is 98.8 Å². The summed E-state index contributed by atoms with van der Waals surface area (Å²) in [5, 5.41) is 0. The van der Waals surface area contributed by atoms with Crippen LogP contribution >= 0.6 is 0 Å². The predicted octanol–water partition coefficient (Wildman–Crippen LogP) is 6.50. The van der Waals surface area contributed by atoms with Gasteiger partial charge in [0, 0.05) is 0 Å². The minimum Gasteiger partial charge on any atom is -0.462 e. The molecule has 0 aromatic heterocycles. The molecule has 4 heteroatoms. The van der Waals surface area contributed by atoms with Crippen molar-refractivity contribution in [2.24, 2.45) is 0 Å². The Labute approximate surface area is 170 Å². The molecule has 1 aromatic carbocycles. The van der Waals surface area contributed by atoms with Crippen LogP contribution in [0.15, 0.2) is 36.4 Å². The van der Waals surface area contributed by atoms with E-state index in [-0.39, 0.29) is 17.7 Å². The second-order valence-corrected chi connectivity index (χ2v) is 7.40. The van der Waals surface area contributed by atoms with E-state index in [1.807, 2.05) is 0 Å². The number of carbonyl (C=O) groups excluding carboxylic acids is 2. The van der Waals surface area contributed by atoms with Crippen molar-refractivity contribution in [3.63, 3.8) is 0 Å². The molecule has 0 spiro atoms. The van der Waals surface area contributed by atoms with E-state index in [1.54, 1.807) is 31.2 Å². The van der Waals surface area contributed by atoms with Gasteiger partial charge in [0.2, 0.25) is 0 Å². The molecule has 0 aliphatic rings. The van der Waals surface area contributed by atoms with Crippen LogP contribution in [-0.4, -0.2) is 25.2 Å². The van der Waals surface area contributed by atoms with Gasteiger partial charge >= 0.3 is 11.9 Å². The average Bonchev–Trinajstić information content (AvgIpc) is 2.70. The molecule has 1 rings (SSSR count). The first-order valence-corrected chi connectivity index (χ1v) is 10.6. The Balaban J connectivity index is 2.25. The molecule has 4 nitrogen and oxygen atoms in total. The number of ether oxygens (including phenoxy) is 2. The normalized spacial score (nSPS) is 10.5. The second-order valence-electron chi connectivity index (χ2n) is 7.40. The highest BCUT2D eigenvalue weighted by atomic mass is 16.5. The van der Waals surface area contributed by atoms with Gasteiger partial charge in [0.1, 0.15) is 6.61 Å². The standard InChI is InChI=1S/C24H36O4/c1-4-5-6-7-8-9-10-11-12-15-18-27-23(25)21-16-13-14-17-22(21)24(26)28-19-20(2)3/h13-14,16-17H,2,4-12,15,18-19H2,1,3H3. The highest BCUT2D eigenvalue weighted by Crippen LogP contribution is 2.14. The summed E-state index contributed by atoms with van der Waals surface area (Å²) in [7, 11) is 0. The highest BCUT2D eigenvalue weighted by Gasteiger charge is 2.18. The molecule has 0 aliphatic heterocycles. The molecule has 1 aromatic rings. The fourth-order valence-electron chi connectivity index (χ4n) is 2.94. The van der Waals surface area contributed by atoms with Crippen molar-refractivity contribution in [1.29, 1.82) is 0 Å². The molecule has 0 aliphatic carbocycles. The van der Waals surface area contributed by atoms with E-state index in [2.05, 4.69) is 13.5 Å². The summed E-state index contributed by atoms with van der Waals surface area (Å²) in [5.74, 6) is -1.01. The first-order valence-electron chi connectivity index (χ1n) is 10.6. The lowest BCUT2D eigenvalue weighted by Crippen LogP contribution is -2.15. The third-order valence-electron chi connectivity index (χ3n) is 4.55. The van der Waals surface area contributed by atoms with E-state index < -0.39 is 11.9 Å². The minimum absolute atomic E-state index is 0.140. The predicted molar refractivity (Wildman–Crippen MR) is 114 cm³/mol. The molecule has 156 valence electrons. The van der Waals surface area contributed by atoms with Crippen LogP contribution in [0.3, 0.4) is 0 Å². The maximum Gasteiger partial charge on any atom is 0.339 e. The lowest BCUT2D eigenvalue weighted by atomic mass is 10.1. The van der Waals surface area contributed by atoms with E-state index >= 15 is 0 Å². The van der Waals surface area contributed by atoms with Crippen LogP contribution in [0, 0.1) is 0 Å². The van der Waals surface area contributed by atoms with Gasteiger partial charge in [0.15, 0.2) is 0 Å². The van der Waals surface area contributed by atoms with Crippen LogP contribution in [0.25, 0.3) is 0 Å². The Morgan fingerprint density at radius 2 is 1.25 bits per heavy atom. The number of hydrogen-bond donors (Lipinski definition) is 0. The van der Waals surface area contributed by atoms with Gasteiger partial charge in [-0.2, -0.15) is 0 Å². The van der Waals surface area contributed by atoms with Crippen molar-refractivity contribution >= 4 is 11.9 Å². The van der Waals surface area contributed by atoms with E-state index in [0.29, 0.717) is 6.61 Å². The third kappa shape index (κ3) is 10.3. The molecule has 0 saturated carbocycles. The van der Waals surface area contributed by atoms with Gasteiger partial charge in [0.25, 0.3) is 0 Å². The fourth-order valence-corrected chi connectivity index (χ4v) is 2.94. The molecule has 28 heavy (non-hydrogen) atoms. The third-order valence-corrected chi connectivity index (χ3v) is 4.55. The first kappa shape index (κ1) is 23.9. The van der Waals surface area contributed by atoms with Crippen LogP contribution in [0.5, 0.6) is 0 Å². The SMILES string of the molecule is C=C(C)COC(=O)c1ccccc1C(=O)OCCCCCCCCCCCC. The molecule has 0 unspecified atom stereocenters. The Morgan fingerprint density at radius 1 is 0.786 bits per heavy atom. The Bertz CT molecular complexity index is 606. The number of rotatable bonds is 15. The smallest absolute Gasteiger partial charge is 0.339 e. The first-order chi connectivity index (χ1) is 13.6. The number of benzene rings is 1.